The molecule has 0 bridgehead atoms. The zero-order chi connectivity index (χ0) is 21.9. The Hall–Kier alpha value is -2.05. The molecule has 2 N–H and O–H groups in total. The minimum Gasteiger partial charge on any atom is -0.299 e. The number of nitrogens with one attached hydrogen (secondary N) is 2. The molecule has 1 atom stereocenters. The second kappa shape index (κ2) is 8.98. The number of carbonyl (C=O) groups is 1. The third-order valence-corrected chi connectivity index (χ3v) is 7.43. The molecule has 1 aromatic carbocycles. The first-order valence-electron chi connectivity index (χ1n) is 9.41. The average molecular weight is 463 g/mol. The second-order valence-corrected chi connectivity index (χ2v) is 9.80. The van der Waals surface area contributed by atoms with Crippen LogP contribution in [0.5, 0.6) is 0 Å². The fraction of sp³-hybridized carbons (Fsp3) is 0.500. The molecule has 0 unspecified atom stereocenters. The van der Waals surface area contributed by atoms with E-state index in [9.17, 15) is 26.4 Å². The molecule has 164 valence electrons. The molecule has 12 heteroatoms. The Kier molecular flexibility index (Phi) is 6.78. The van der Waals surface area contributed by atoms with Gasteiger partial charge in [0, 0.05) is 5.92 Å². The van der Waals surface area contributed by atoms with Crippen molar-refractivity contribution < 1.29 is 26.4 Å². The molecule has 1 aliphatic carbocycles. The zero-order valence-electron chi connectivity index (χ0n) is 16.1. The van der Waals surface area contributed by atoms with Crippen molar-refractivity contribution in [2.45, 2.75) is 62.1 Å². The lowest BCUT2D eigenvalue weighted by Crippen LogP contribution is -2.42. The van der Waals surface area contributed by atoms with E-state index in [4.69, 9.17) is 0 Å². The summed E-state index contributed by atoms with van der Waals surface area (Å²) in [4.78, 5) is 11.4. The Balaban J connectivity index is 1.68. The molecule has 1 aromatic heterocycles. The van der Waals surface area contributed by atoms with Crippen molar-refractivity contribution in [3.05, 3.63) is 34.8 Å². The van der Waals surface area contributed by atoms with Gasteiger partial charge in [0.05, 0.1) is 16.5 Å². The molecular weight excluding hydrogens is 441 g/mol. The van der Waals surface area contributed by atoms with Gasteiger partial charge in [-0.1, -0.05) is 42.7 Å². The summed E-state index contributed by atoms with van der Waals surface area (Å²) in [6.45, 7) is 1.24. The lowest BCUT2D eigenvalue weighted by atomic mass is 9.90. The van der Waals surface area contributed by atoms with Crippen LogP contribution in [-0.4, -0.2) is 30.6 Å². The summed E-state index contributed by atoms with van der Waals surface area (Å²) in [6.07, 6.45) is 0.593. The van der Waals surface area contributed by atoms with Gasteiger partial charge >= 0.3 is 6.18 Å². The number of halogens is 3. The van der Waals surface area contributed by atoms with Crippen molar-refractivity contribution in [2.75, 3.05) is 5.32 Å². The van der Waals surface area contributed by atoms with Gasteiger partial charge in [-0.25, -0.2) is 8.42 Å². The highest BCUT2D eigenvalue weighted by molar-refractivity contribution is 7.89. The van der Waals surface area contributed by atoms with Crippen LogP contribution < -0.4 is 10.0 Å². The maximum Gasteiger partial charge on any atom is 0.417 e. The average Bonchev–Trinajstić information content (AvgIpc) is 3.16. The number of rotatable bonds is 6. The molecule has 1 aliphatic rings. The molecule has 1 amide bonds. The first-order chi connectivity index (χ1) is 14.1. The number of anilines is 1. The van der Waals surface area contributed by atoms with Crippen LogP contribution in [0.25, 0.3) is 0 Å². The van der Waals surface area contributed by atoms with E-state index in [2.05, 4.69) is 15.5 Å². The summed E-state index contributed by atoms with van der Waals surface area (Å²) in [5, 5.41) is 11.5. The quantitative estimate of drug-likeness (QED) is 0.678. The van der Waals surface area contributed by atoms with E-state index in [1.165, 1.54) is 30.7 Å². The number of aromatic nitrogens is 2. The number of nitrogens with zero attached hydrogens (tertiary/aromatic N) is 2. The number of sulfonamides is 1. The first-order valence-corrected chi connectivity index (χ1v) is 11.7. The van der Waals surface area contributed by atoms with E-state index in [1.807, 2.05) is 4.72 Å². The number of alkyl halides is 3. The monoisotopic (exact) mass is 462 g/mol. The summed E-state index contributed by atoms with van der Waals surface area (Å²) in [6, 6.07) is 2.47. The molecule has 1 saturated carbocycles. The topological polar surface area (TPSA) is 101 Å². The van der Waals surface area contributed by atoms with Gasteiger partial charge in [-0.15, -0.1) is 10.2 Å². The molecule has 2 aromatic rings. The minimum atomic E-state index is -4.85. The van der Waals surface area contributed by atoms with E-state index in [-0.39, 0.29) is 5.13 Å². The van der Waals surface area contributed by atoms with Crippen LogP contribution in [-0.2, 0) is 21.0 Å². The van der Waals surface area contributed by atoms with Crippen LogP contribution in [0.15, 0.2) is 29.2 Å². The Labute approximate surface area is 176 Å². The normalized spacial score (nSPS) is 16.9. The summed E-state index contributed by atoms with van der Waals surface area (Å²) >= 11 is 1.23. The highest BCUT2D eigenvalue weighted by Gasteiger charge is 2.37. The Morgan fingerprint density at radius 1 is 1.17 bits per heavy atom. The second-order valence-electron chi connectivity index (χ2n) is 7.11. The van der Waals surface area contributed by atoms with Crippen molar-refractivity contribution in [2.24, 2.45) is 0 Å². The van der Waals surface area contributed by atoms with E-state index >= 15 is 0 Å². The molecule has 0 radical (unpaired) electrons. The van der Waals surface area contributed by atoms with Gasteiger partial charge in [0.2, 0.25) is 21.1 Å². The zero-order valence-corrected chi connectivity index (χ0v) is 17.7. The number of hydrogen-bond donors (Lipinski definition) is 2. The van der Waals surface area contributed by atoms with Crippen LogP contribution >= 0.6 is 11.3 Å². The SMILES string of the molecule is C[C@H](NS(=O)(=O)c1ccccc1C(F)(F)F)C(=O)Nc1nnc(C2CCCCC2)s1. The number of benzene rings is 1. The fourth-order valence-electron chi connectivity index (χ4n) is 3.30. The van der Waals surface area contributed by atoms with Crippen LogP contribution in [0.1, 0.15) is 55.5 Å². The molecule has 0 saturated heterocycles. The van der Waals surface area contributed by atoms with Gasteiger partial charge in [-0.05, 0) is 31.9 Å². The molecule has 1 heterocycles. The van der Waals surface area contributed by atoms with Crippen molar-refractivity contribution in [1.29, 1.82) is 0 Å². The predicted molar refractivity (Wildman–Crippen MR) is 106 cm³/mol. The van der Waals surface area contributed by atoms with Crippen molar-refractivity contribution >= 4 is 32.4 Å². The fourth-order valence-corrected chi connectivity index (χ4v) is 5.64. The summed E-state index contributed by atoms with van der Waals surface area (Å²) in [5.74, 6) is -0.439. The molecule has 1 fully saturated rings. The standard InChI is InChI=1S/C18H21F3N4O3S2/c1-11(25-30(27,28)14-10-6-5-9-13(14)18(19,20)21)15(26)22-17-24-23-16(29-17)12-7-3-2-4-8-12/h5-6,9-12,25H,2-4,7-8H2,1H3,(H,22,24,26)/t11-/m0/s1. The van der Waals surface area contributed by atoms with Crippen LogP contribution in [0.2, 0.25) is 0 Å². The highest BCUT2D eigenvalue weighted by Crippen LogP contribution is 2.35. The Bertz CT molecular complexity index is 1000. The third kappa shape index (κ3) is 5.35. The first kappa shape index (κ1) is 22.6. The molecule has 0 spiro atoms. The molecule has 3 rings (SSSR count). The smallest absolute Gasteiger partial charge is 0.299 e. The summed E-state index contributed by atoms with van der Waals surface area (Å²) in [7, 11) is -4.59. The maximum atomic E-state index is 13.1. The number of carbonyl (C=O) groups excluding carboxylic acids is 1. The van der Waals surface area contributed by atoms with Crippen molar-refractivity contribution in [1.82, 2.24) is 14.9 Å². The Morgan fingerprint density at radius 3 is 2.50 bits per heavy atom. The molecule has 0 aliphatic heterocycles. The summed E-state index contributed by atoms with van der Waals surface area (Å²) < 4.78 is 66.3. The van der Waals surface area contributed by atoms with Crippen LogP contribution in [0.4, 0.5) is 18.3 Å². The lowest BCUT2D eigenvalue weighted by Gasteiger charge is -2.18. The van der Waals surface area contributed by atoms with E-state index in [0.717, 1.165) is 42.8 Å². The third-order valence-electron chi connectivity index (χ3n) is 4.83. The number of amides is 1. The van der Waals surface area contributed by atoms with Gasteiger partial charge in [-0.2, -0.15) is 17.9 Å². The van der Waals surface area contributed by atoms with Gasteiger partial charge in [-0.3, -0.25) is 10.1 Å². The number of hydrogen-bond acceptors (Lipinski definition) is 6. The molecular formula is C18H21F3N4O3S2. The van der Waals surface area contributed by atoms with Gasteiger partial charge < -0.3 is 0 Å². The largest absolute Gasteiger partial charge is 0.417 e. The van der Waals surface area contributed by atoms with E-state index in [0.29, 0.717) is 12.0 Å². The van der Waals surface area contributed by atoms with Crippen molar-refractivity contribution in [3.63, 3.8) is 0 Å². The molecule has 30 heavy (non-hydrogen) atoms. The van der Waals surface area contributed by atoms with Gasteiger partial charge in [0.1, 0.15) is 5.01 Å². The van der Waals surface area contributed by atoms with Crippen molar-refractivity contribution in [3.8, 4) is 0 Å². The van der Waals surface area contributed by atoms with E-state index in [1.54, 1.807) is 0 Å². The van der Waals surface area contributed by atoms with Crippen LogP contribution in [0.3, 0.4) is 0 Å². The van der Waals surface area contributed by atoms with Gasteiger partial charge in [0.25, 0.3) is 0 Å². The lowest BCUT2D eigenvalue weighted by molar-refractivity contribution is -0.139. The van der Waals surface area contributed by atoms with Gasteiger partial charge in [0.15, 0.2) is 0 Å². The van der Waals surface area contributed by atoms with Crippen LogP contribution in [0, 0.1) is 0 Å². The Morgan fingerprint density at radius 2 is 1.83 bits per heavy atom. The van der Waals surface area contributed by atoms with E-state index < -0.39 is 38.6 Å². The highest BCUT2D eigenvalue weighted by atomic mass is 32.2. The minimum absolute atomic E-state index is 0.224. The summed E-state index contributed by atoms with van der Waals surface area (Å²) in [5.41, 5.74) is -1.30. The molecule has 7 nitrogen and oxygen atoms in total. The predicted octanol–water partition coefficient (Wildman–Crippen LogP) is 3.91. The maximum absolute atomic E-state index is 13.1.